The van der Waals surface area contributed by atoms with Crippen LogP contribution in [0.3, 0.4) is 0 Å². The van der Waals surface area contributed by atoms with Crippen molar-refractivity contribution in [3.05, 3.63) is 29.8 Å². The lowest BCUT2D eigenvalue weighted by Gasteiger charge is -2.20. The van der Waals surface area contributed by atoms with Gasteiger partial charge < -0.3 is 9.47 Å². The van der Waals surface area contributed by atoms with E-state index in [4.69, 9.17) is 4.74 Å². The number of ether oxygens (including phenoxy) is 2. The van der Waals surface area contributed by atoms with Crippen LogP contribution in [0.2, 0.25) is 0 Å². The largest absolute Gasteiger partial charge is 0.493 e. The van der Waals surface area contributed by atoms with Crippen molar-refractivity contribution in [1.29, 1.82) is 0 Å². The fraction of sp³-hybridized carbons (Fsp3) is 0.529. The highest BCUT2D eigenvalue weighted by atomic mass is 16.6. The van der Waals surface area contributed by atoms with Crippen LogP contribution in [0.15, 0.2) is 24.3 Å². The average Bonchev–Trinajstić information content (AvgIpc) is 2.98. The summed E-state index contributed by atoms with van der Waals surface area (Å²) in [4.78, 5) is 22.6. The molecular weight excluding hydrogens is 268 g/mol. The maximum atomic E-state index is 11.3. The zero-order valence-electron chi connectivity index (χ0n) is 12.0. The molecule has 1 aromatic carbocycles. The van der Waals surface area contributed by atoms with Crippen molar-refractivity contribution in [2.75, 3.05) is 6.61 Å². The van der Waals surface area contributed by atoms with Crippen molar-refractivity contribution in [2.24, 2.45) is 5.92 Å². The molecule has 0 bridgehead atoms. The standard InChI is InChI=1S/C17H20O4/c18-16-9-14(10-17(19)21-16)13-5-7-15(8-6-13)20-11-12-3-1-2-4-12/h5-8,12,14H,1-4,9-11H2. The normalized spacial score (nSPS) is 20.6. The summed E-state index contributed by atoms with van der Waals surface area (Å²) >= 11 is 0. The molecule has 1 heterocycles. The first-order chi connectivity index (χ1) is 10.2. The van der Waals surface area contributed by atoms with E-state index in [9.17, 15) is 9.59 Å². The molecular formula is C17H20O4. The van der Waals surface area contributed by atoms with Gasteiger partial charge in [-0.25, -0.2) is 0 Å². The molecule has 21 heavy (non-hydrogen) atoms. The number of hydrogen-bond donors (Lipinski definition) is 0. The van der Waals surface area contributed by atoms with Gasteiger partial charge in [0, 0.05) is 5.92 Å². The first-order valence-electron chi connectivity index (χ1n) is 7.67. The van der Waals surface area contributed by atoms with Gasteiger partial charge in [0.1, 0.15) is 5.75 Å². The Morgan fingerprint density at radius 2 is 1.62 bits per heavy atom. The molecule has 4 heteroatoms. The predicted octanol–water partition coefficient (Wildman–Crippen LogP) is 3.20. The molecule has 3 rings (SSSR count). The third-order valence-corrected chi connectivity index (χ3v) is 4.37. The van der Waals surface area contributed by atoms with Crippen molar-refractivity contribution in [3.8, 4) is 5.75 Å². The van der Waals surface area contributed by atoms with Crippen molar-refractivity contribution in [1.82, 2.24) is 0 Å². The molecule has 1 saturated heterocycles. The topological polar surface area (TPSA) is 52.6 Å². The van der Waals surface area contributed by atoms with Crippen LogP contribution in [-0.2, 0) is 14.3 Å². The highest BCUT2D eigenvalue weighted by molar-refractivity contribution is 5.89. The second-order valence-corrected chi connectivity index (χ2v) is 5.98. The molecule has 4 nitrogen and oxygen atoms in total. The fourth-order valence-corrected chi connectivity index (χ4v) is 3.15. The van der Waals surface area contributed by atoms with E-state index in [2.05, 4.69) is 4.74 Å². The van der Waals surface area contributed by atoms with E-state index < -0.39 is 11.9 Å². The Morgan fingerprint density at radius 3 is 2.24 bits per heavy atom. The summed E-state index contributed by atoms with van der Waals surface area (Å²) in [7, 11) is 0. The lowest BCUT2D eigenvalue weighted by molar-refractivity contribution is -0.163. The first kappa shape index (κ1) is 14.1. The van der Waals surface area contributed by atoms with Gasteiger partial charge in [0.15, 0.2) is 0 Å². The average molecular weight is 288 g/mol. The minimum absolute atomic E-state index is 0.0670. The van der Waals surface area contributed by atoms with Crippen LogP contribution in [0.4, 0.5) is 0 Å². The molecule has 1 saturated carbocycles. The zero-order chi connectivity index (χ0) is 14.7. The maximum Gasteiger partial charge on any atom is 0.314 e. The highest BCUT2D eigenvalue weighted by Gasteiger charge is 2.28. The SMILES string of the molecule is O=C1CC(c2ccc(OCC3CCCC3)cc2)CC(=O)O1. The summed E-state index contributed by atoms with van der Waals surface area (Å²) in [5, 5.41) is 0. The second-order valence-electron chi connectivity index (χ2n) is 5.98. The summed E-state index contributed by atoms with van der Waals surface area (Å²) in [6.45, 7) is 0.785. The molecule has 1 aliphatic carbocycles. The van der Waals surface area contributed by atoms with Crippen molar-refractivity contribution >= 4 is 11.9 Å². The van der Waals surface area contributed by atoms with E-state index in [1.165, 1.54) is 25.7 Å². The Hall–Kier alpha value is -1.84. The van der Waals surface area contributed by atoms with Gasteiger partial charge in [-0.3, -0.25) is 9.59 Å². The number of rotatable bonds is 4. The summed E-state index contributed by atoms with van der Waals surface area (Å²) in [5.74, 6) is 0.615. The minimum atomic E-state index is -0.433. The number of carbonyl (C=O) groups is 2. The number of benzene rings is 1. The van der Waals surface area contributed by atoms with Gasteiger partial charge in [-0.2, -0.15) is 0 Å². The van der Waals surface area contributed by atoms with Crippen LogP contribution >= 0.6 is 0 Å². The Morgan fingerprint density at radius 1 is 1.00 bits per heavy atom. The van der Waals surface area contributed by atoms with Crippen LogP contribution in [0, 0.1) is 5.92 Å². The van der Waals surface area contributed by atoms with Gasteiger partial charge in [0.25, 0.3) is 0 Å². The van der Waals surface area contributed by atoms with Crippen LogP contribution in [-0.4, -0.2) is 18.5 Å². The monoisotopic (exact) mass is 288 g/mol. The first-order valence-corrected chi connectivity index (χ1v) is 7.67. The van der Waals surface area contributed by atoms with Gasteiger partial charge in [-0.1, -0.05) is 25.0 Å². The van der Waals surface area contributed by atoms with Gasteiger partial charge >= 0.3 is 11.9 Å². The molecule has 2 aliphatic rings. The van der Waals surface area contributed by atoms with E-state index in [1.807, 2.05) is 24.3 Å². The summed E-state index contributed by atoms with van der Waals surface area (Å²) in [6.07, 6.45) is 5.72. The van der Waals surface area contributed by atoms with E-state index in [1.54, 1.807) is 0 Å². The Bertz CT molecular complexity index is 498. The molecule has 0 N–H and O–H groups in total. The molecule has 1 aliphatic heterocycles. The third kappa shape index (κ3) is 3.63. The highest BCUT2D eigenvalue weighted by Crippen LogP contribution is 2.30. The lowest BCUT2D eigenvalue weighted by Crippen LogP contribution is -2.24. The van der Waals surface area contributed by atoms with Crippen molar-refractivity contribution < 1.29 is 19.1 Å². The van der Waals surface area contributed by atoms with E-state index >= 15 is 0 Å². The Balaban J connectivity index is 1.58. The Kier molecular flexibility index (Phi) is 4.23. The van der Waals surface area contributed by atoms with E-state index in [0.717, 1.165) is 17.9 Å². The smallest absolute Gasteiger partial charge is 0.314 e. The molecule has 0 aromatic heterocycles. The summed E-state index contributed by atoms with van der Waals surface area (Å²) < 4.78 is 10.4. The lowest BCUT2D eigenvalue weighted by atomic mass is 9.91. The fourth-order valence-electron chi connectivity index (χ4n) is 3.15. The summed E-state index contributed by atoms with van der Waals surface area (Å²) in [5.41, 5.74) is 0.994. The molecule has 1 aromatic rings. The Labute approximate surface area is 124 Å². The van der Waals surface area contributed by atoms with Crippen LogP contribution in [0.5, 0.6) is 5.75 Å². The van der Waals surface area contributed by atoms with Crippen LogP contribution in [0.1, 0.15) is 50.0 Å². The molecule has 0 radical (unpaired) electrons. The van der Waals surface area contributed by atoms with Gasteiger partial charge in [-0.05, 0) is 36.5 Å². The van der Waals surface area contributed by atoms with Crippen LogP contribution in [0.25, 0.3) is 0 Å². The molecule has 0 spiro atoms. The summed E-state index contributed by atoms with van der Waals surface area (Å²) in [6, 6.07) is 7.74. The van der Waals surface area contributed by atoms with Gasteiger partial charge in [0.05, 0.1) is 19.4 Å². The number of hydrogen-bond acceptors (Lipinski definition) is 4. The molecule has 0 atom stereocenters. The maximum absolute atomic E-state index is 11.3. The third-order valence-electron chi connectivity index (χ3n) is 4.37. The second kappa shape index (κ2) is 6.29. The van der Waals surface area contributed by atoms with Gasteiger partial charge in [-0.15, -0.1) is 0 Å². The van der Waals surface area contributed by atoms with Gasteiger partial charge in [0.2, 0.25) is 0 Å². The zero-order valence-corrected chi connectivity index (χ0v) is 12.0. The van der Waals surface area contributed by atoms with Crippen molar-refractivity contribution in [2.45, 2.75) is 44.4 Å². The van der Waals surface area contributed by atoms with E-state index in [0.29, 0.717) is 5.92 Å². The minimum Gasteiger partial charge on any atom is -0.493 e. The van der Waals surface area contributed by atoms with Crippen LogP contribution < -0.4 is 4.74 Å². The van der Waals surface area contributed by atoms with E-state index in [-0.39, 0.29) is 18.8 Å². The number of cyclic esters (lactones) is 2. The molecule has 0 amide bonds. The predicted molar refractivity (Wildman–Crippen MR) is 77.0 cm³/mol. The quantitative estimate of drug-likeness (QED) is 0.630. The molecule has 112 valence electrons. The molecule has 0 unspecified atom stereocenters. The number of esters is 2. The number of carbonyl (C=O) groups excluding carboxylic acids is 2. The molecule has 2 fully saturated rings. The van der Waals surface area contributed by atoms with Crippen molar-refractivity contribution in [3.63, 3.8) is 0 Å².